The highest BCUT2D eigenvalue weighted by atomic mass is 16.1. The third kappa shape index (κ3) is 6.37. The van der Waals surface area contributed by atoms with Gasteiger partial charge in [0.15, 0.2) is 5.96 Å². The maximum atomic E-state index is 11.1. The Kier molecular flexibility index (Phi) is 7.65. The third-order valence-corrected chi connectivity index (χ3v) is 4.90. The first-order valence-corrected chi connectivity index (χ1v) is 9.15. The number of likely N-dealkylation sites (tertiary alicyclic amines) is 2. The molecule has 0 bridgehead atoms. The molecule has 1 atom stereocenters. The molecule has 132 valence electrons. The first-order valence-electron chi connectivity index (χ1n) is 9.15. The quantitative estimate of drug-likeness (QED) is 0.417. The van der Waals surface area contributed by atoms with Crippen LogP contribution in [-0.2, 0) is 4.79 Å². The molecule has 6 nitrogen and oxygen atoms in total. The largest absolute Gasteiger partial charge is 0.370 e. The smallest absolute Gasteiger partial charge is 0.217 e. The minimum absolute atomic E-state index is 0.193. The molecule has 0 radical (unpaired) electrons. The maximum Gasteiger partial charge on any atom is 0.217 e. The molecule has 2 fully saturated rings. The van der Waals surface area contributed by atoms with Crippen LogP contribution in [0.3, 0.4) is 0 Å². The van der Waals surface area contributed by atoms with Gasteiger partial charge in [-0.15, -0.1) is 0 Å². The average molecular weight is 323 g/mol. The van der Waals surface area contributed by atoms with Gasteiger partial charge >= 0.3 is 0 Å². The van der Waals surface area contributed by atoms with Crippen molar-refractivity contribution in [2.45, 2.75) is 44.9 Å². The Balaban J connectivity index is 1.64. The summed E-state index contributed by atoms with van der Waals surface area (Å²) in [6.45, 7) is 6.66. The number of unbranched alkanes of at least 4 members (excludes halogenated alkanes) is 1. The molecule has 2 saturated heterocycles. The van der Waals surface area contributed by atoms with Crippen LogP contribution in [0.15, 0.2) is 4.99 Å². The Labute approximate surface area is 140 Å². The molecular weight excluding hydrogens is 290 g/mol. The highest BCUT2D eigenvalue weighted by Crippen LogP contribution is 2.19. The Bertz CT molecular complexity index is 392. The summed E-state index contributed by atoms with van der Waals surface area (Å²) in [5.74, 6) is 1.15. The normalized spacial score (nSPS) is 23.3. The summed E-state index contributed by atoms with van der Waals surface area (Å²) in [6.07, 6.45) is 7.84. The van der Waals surface area contributed by atoms with Crippen LogP contribution in [0.5, 0.6) is 0 Å². The zero-order chi connectivity index (χ0) is 16.5. The van der Waals surface area contributed by atoms with Gasteiger partial charge < -0.3 is 20.9 Å². The molecule has 1 unspecified atom stereocenters. The van der Waals surface area contributed by atoms with E-state index in [0.29, 0.717) is 12.3 Å². The summed E-state index contributed by atoms with van der Waals surface area (Å²) in [5.41, 5.74) is 5.34. The lowest BCUT2D eigenvalue weighted by atomic mass is 9.95. The van der Waals surface area contributed by atoms with E-state index in [0.717, 1.165) is 38.4 Å². The van der Waals surface area contributed by atoms with E-state index in [9.17, 15) is 4.79 Å². The second-order valence-electron chi connectivity index (χ2n) is 6.85. The van der Waals surface area contributed by atoms with Crippen LogP contribution < -0.4 is 11.1 Å². The molecule has 3 N–H and O–H groups in total. The van der Waals surface area contributed by atoms with Gasteiger partial charge in [0.05, 0.1) is 0 Å². The van der Waals surface area contributed by atoms with Crippen LogP contribution in [0.1, 0.15) is 44.9 Å². The molecule has 0 saturated carbocycles. The Morgan fingerprint density at radius 3 is 2.70 bits per heavy atom. The van der Waals surface area contributed by atoms with Gasteiger partial charge in [0.1, 0.15) is 0 Å². The number of carbonyl (C=O) groups excluding carboxylic acids is 1. The van der Waals surface area contributed by atoms with E-state index in [4.69, 9.17) is 5.73 Å². The van der Waals surface area contributed by atoms with Gasteiger partial charge in [0, 0.05) is 33.1 Å². The molecule has 1 amide bonds. The number of hydrogen-bond donors (Lipinski definition) is 2. The van der Waals surface area contributed by atoms with E-state index in [1.54, 1.807) is 0 Å². The minimum Gasteiger partial charge on any atom is -0.370 e. The number of hydrogen-bond acceptors (Lipinski definition) is 3. The van der Waals surface area contributed by atoms with E-state index in [2.05, 4.69) is 20.1 Å². The Hall–Kier alpha value is -1.30. The molecule has 0 spiro atoms. The number of piperidine rings is 1. The summed E-state index contributed by atoms with van der Waals surface area (Å²) >= 11 is 0. The van der Waals surface area contributed by atoms with Crippen molar-refractivity contribution in [1.82, 2.24) is 15.1 Å². The van der Waals surface area contributed by atoms with E-state index in [1.165, 1.54) is 45.3 Å². The lowest BCUT2D eigenvalue weighted by Gasteiger charge is -2.34. The summed E-state index contributed by atoms with van der Waals surface area (Å²) in [5, 5.41) is 3.48. The highest BCUT2D eigenvalue weighted by molar-refractivity contribution is 5.80. The molecule has 0 aromatic heterocycles. The van der Waals surface area contributed by atoms with Crippen LogP contribution in [0, 0.1) is 5.92 Å². The molecule has 0 aromatic rings. The fourth-order valence-corrected chi connectivity index (χ4v) is 3.71. The van der Waals surface area contributed by atoms with Crippen molar-refractivity contribution in [2.75, 3.05) is 46.3 Å². The van der Waals surface area contributed by atoms with Gasteiger partial charge in [-0.25, -0.2) is 0 Å². The van der Waals surface area contributed by atoms with Gasteiger partial charge in [-0.05, 0) is 64.1 Å². The number of nitrogens with one attached hydrogen (secondary N) is 1. The third-order valence-electron chi connectivity index (χ3n) is 4.90. The average Bonchev–Trinajstić information content (AvgIpc) is 3.04. The molecule has 23 heavy (non-hydrogen) atoms. The fourth-order valence-electron chi connectivity index (χ4n) is 3.71. The van der Waals surface area contributed by atoms with Crippen LogP contribution >= 0.6 is 0 Å². The van der Waals surface area contributed by atoms with Crippen molar-refractivity contribution in [3.8, 4) is 0 Å². The SMILES string of the molecule is CN=C(NCCCCN1CCCC1)N1CCCC(CC(N)=O)C1. The zero-order valence-electron chi connectivity index (χ0n) is 14.6. The van der Waals surface area contributed by atoms with Crippen molar-refractivity contribution < 1.29 is 4.79 Å². The summed E-state index contributed by atoms with van der Waals surface area (Å²) in [7, 11) is 1.84. The van der Waals surface area contributed by atoms with Gasteiger partial charge in [-0.3, -0.25) is 9.79 Å². The summed E-state index contributed by atoms with van der Waals surface area (Å²) in [6, 6.07) is 0. The van der Waals surface area contributed by atoms with E-state index in [-0.39, 0.29) is 5.91 Å². The van der Waals surface area contributed by atoms with Crippen LogP contribution in [-0.4, -0.2) is 68.0 Å². The number of guanidine groups is 1. The predicted octanol–water partition coefficient (Wildman–Crippen LogP) is 1.03. The molecule has 2 rings (SSSR count). The van der Waals surface area contributed by atoms with Crippen LogP contribution in [0.2, 0.25) is 0 Å². The predicted molar refractivity (Wildman–Crippen MR) is 94.4 cm³/mol. The molecular formula is C17H33N5O. The lowest BCUT2D eigenvalue weighted by Crippen LogP contribution is -2.47. The molecule has 0 aliphatic carbocycles. The van der Waals surface area contributed by atoms with Gasteiger partial charge in [0.25, 0.3) is 0 Å². The van der Waals surface area contributed by atoms with Gasteiger partial charge in [-0.2, -0.15) is 0 Å². The van der Waals surface area contributed by atoms with Crippen LogP contribution in [0.4, 0.5) is 0 Å². The number of amides is 1. The maximum absolute atomic E-state index is 11.1. The molecule has 6 heteroatoms. The van der Waals surface area contributed by atoms with Crippen molar-refractivity contribution in [3.05, 3.63) is 0 Å². The van der Waals surface area contributed by atoms with E-state index < -0.39 is 0 Å². The zero-order valence-corrected chi connectivity index (χ0v) is 14.6. The first kappa shape index (κ1) is 18.0. The fraction of sp³-hybridized carbons (Fsp3) is 0.882. The highest BCUT2D eigenvalue weighted by Gasteiger charge is 2.23. The monoisotopic (exact) mass is 323 g/mol. The molecule has 2 aliphatic heterocycles. The minimum atomic E-state index is -0.193. The number of primary amides is 1. The number of nitrogens with two attached hydrogens (primary N) is 1. The standard InChI is InChI=1S/C17H33N5O/c1-19-17(20-8-2-3-9-21-10-4-5-11-21)22-12-6-7-15(14-22)13-16(18)23/h15H,2-14H2,1H3,(H2,18,23)(H,19,20). The van der Waals surface area contributed by atoms with Gasteiger partial charge in [0.2, 0.25) is 5.91 Å². The molecule has 0 aromatic carbocycles. The summed E-state index contributed by atoms with van der Waals surface area (Å²) < 4.78 is 0. The lowest BCUT2D eigenvalue weighted by molar-refractivity contribution is -0.119. The van der Waals surface area contributed by atoms with Crippen molar-refractivity contribution >= 4 is 11.9 Å². The van der Waals surface area contributed by atoms with Crippen molar-refractivity contribution in [2.24, 2.45) is 16.6 Å². The first-order chi connectivity index (χ1) is 11.2. The summed E-state index contributed by atoms with van der Waals surface area (Å²) in [4.78, 5) is 20.4. The van der Waals surface area contributed by atoms with E-state index >= 15 is 0 Å². The second-order valence-corrected chi connectivity index (χ2v) is 6.85. The topological polar surface area (TPSA) is 74.0 Å². The van der Waals surface area contributed by atoms with E-state index in [1.807, 2.05) is 7.05 Å². The molecule has 2 aliphatic rings. The molecule has 2 heterocycles. The van der Waals surface area contributed by atoms with Crippen molar-refractivity contribution in [3.63, 3.8) is 0 Å². The number of carbonyl (C=O) groups is 1. The number of rotatable bonds is 7. The number of nitrogens with zero attached hydrogens (tertiary/aromatic N) is 3. The van der Waals surface area contributed by atoms with Crippen molar-refractivity contribution in [1.29, 1.82) is 0 Å². The van der Waals surface area contributed by atoms with Gasteiger partial charge in [-0.1, -0.05) is 0 Å². The van der Waals surface area contributed by atoms with Crippen LogP contribution in [0.25, 0.3) is 0 Å². The number of aliphatic imine (C=N–C) groups is 1. The Morgan fingerprint density at radius 2 is 2.00 bits per heavy atom. The Morgan fingerprint density at radius 1 is 1.22 bits per heavy atom. The second kappa shape index (κ2) is 9.75.